The molecule has 4 unspecified atom stereocenters. The van der Waals surface area contributed by atoms with Crippen molar-refractivity contribution in [3.05, 3.63) is 47.5 Å². The SMILES string of the molecule is CC1=CC(C)C2C(=O)N(C(Cc3ccccc3)C(=O)O)C(=O)C2C1. The summed E-state index contributed by atoms with van der Waals surface area (Å²) in [7, 11) is 0. The van der Waals surface area contributed by atoms with Gasteiger partial charge in [0.25, 0.3) is 0 Å². The van der Waals surface area contributed by atoms with Gasteiger partial charge in [0.2, 0.25) is 11.8 Å². The van der Waals surface area contributed by atoms with Gasteiger partial charge < -0.3 is 5.11 Å². The van der Waals surface area contributed by atoms with Crippen LogP contribution in [0.3, 0.4) is 0 Å². The Kier molecular flexibility index (Phi) is 4.26. The number of imide groups is 1. The molecule has 0 aromatic heterocycles. The van der Waals surface area contributed by atoms with Gasteiger partial charge in [0, 0.05) is 6.42 Å². The fraction of sp³-hybridized carbons (Fsp3) is 0.421. The zero-order valence-corrected chi connectivity index (χ0v) is 13.8. The van der Waals surface area contributed by atoms with Crippen LogP contribution in [-0.4, -0.2) is 33.8 Å². The number of likely N-dealkylation sites (tertiary alicyclic amines) is 1. The number of amides is 2. The average molecular weight is 327 g/mol. The minimum atomic E-state index is -1.15. The van der Waals surface area contributed by atoms with Crippen LogP contribution in [0.5, 0.6) is 0 Å². The van der Waals surface area contributed by atoms with Crippen molar-refractivity contribution in [3.63, 3.8) is 0 Å². The molecule has 1 aliphatic carbocycles. The number of hydrogen-bond acceptors (Lipinski definition) is 3. The second-order valence-corrected chi connectivity index (χ2v) is 6.80. The highest BCUT2D eigenvalue weighted by molar-refractivity contribution is 6.08. The normalized spacial score (nSPS) is 27.7. The van der Waals surface area contributed by atoms with E-state index in [0.29, 0.717) is 6.42 Å². The van der Waals surface area contributed by atoms with Crippen molar-refractivity contribution in [2.45, 2.75) is 32.7 Å². The fourth-order valence-corrected chi connectivity index (χ4v) is 3.98. The van der Waals surface area contributed by atoms with Gasteiger partial charge in [-0.05, 0) is 24.8 Å². The molecular formula is C19H21NO4. The molecule has 3 rings (SSSR count). The van der Waals surface area contributed by atoms with Crippen molar-refractivity contribution in [1.82, 2.24) is 4.90 Å². The molecule has 5 nitrogen and oxygen atoms in total. The van der Waals surface area contributed by atoms with Crippen molar-refractivity contribution in [1.29, 1.82) is 0 Å². The molecule has 0 saturated carbocycles. The summed E-state index contributed by atoms with van der Waals surface area (Å²) in [5.41, 5.74) is 1.88. The molecule has 0 radical (unpaired) electrons. The van der Waals surface area contributed by atoms with Gasteiger partial charge in [0.05, 0.1) is 11.8 Å². The second kappa shape index (κ2) is 6.23. The minimum Gasteiger partial charge on any atom is -0.480 e. The molecule has 126 valence electrons. The van der Waals surface area contributed by atoms with Crippen LogP contribution >= 0.6 is 0 Å². The van der Waals surface area contributed by atoms with E-state index in [9.17, 15) is 19.5 Å². The van der Waals surface area contributed by atoms with E-state index in [0.717, 1.165) is 16.0 Å². The first-order valence-corrected chi connectivity index (χ1v) is 8.21. The molecule has 1 N–H and O–H groups in total. The first-order valence-electron chi connectivity index (χ1n) is 8.21. The molecule has 0 bridgehead atoms. The number of carbonyl (C=O) groups is 3. The number of aliphatic carboxylic acids is 1. The van der Waals surface area contributed by atoms with Crippen LogP contribution in [-0.2, 0) is 20.8 Å². The molecule has 2 amide bonds. The first kappa shape index (κ1) is 16.4. The van der Waals surface area contributed by atoms with Crippen LogP contribution in [0.2, 0.25) is 0 Å². The van der Waals surface area contributed by atoms with Gasteiger partial charge in [-0.3, -0.25) is 14.5 Å². The monoisotopic (exact) mass is 327 g/mol. The van der Waals surface area contributed by atoms with Gasteiger partial charge in [-0.1, -0.05) is 48.9 Å². The van der Waals surface area contributed by atoms with E-state index in [4.69, 9.17) is 0 Å². The summed E-state index contributed by atoms with van der Waals surface area (Å²) in [5.74, 6) is -2.72. The highest BCUT2D eigenvalue weighted by Gasteiger charge is 2.53. The highest BCUT2D eigenvalue weighted by atomic mass is 16.4. The maximum Gasteiger partial charge on any atom is 0.327 e. The Labute approximate surface area is 141 Å². The Morgan fingerprint density at radius 1 is 1.25 bits per heavy atom. The van der Waals surface area contributed by atoms with E-state index in [-0.39, 0.29) is 24.2 Å². The third-order valence-electron chi connectivity index (χ3n) is 5.04. The van der Waals surface area contributed by atoms with Crippen LogP contribution in [0.15, 0.2) is 42.0 Å². The van der Waals surface area contributed by atoms with Gasteiger partial charge in [0.15, 0.2) is 0 Å². The molecule has 4 atom stereocenters. The summed E-state index contributed by atoms with van der Waals surface area (Å²) in [6, 6.07) is 7.94. The van der Waals surface area contributed by atoms with E-state index in [1.54, 1.807) is 0 Å². The van der Waals surface area contributed by atoms with Gasteiger partial charge in [-0.2, -0.15) is 0 Å². The fourth-order valence-electron chi connectivity index (χ4n) is 3.98. The Morgan fingerprint density at radius 2 is 1.92 bits per heavy atom. The molecule has 1 fully saturated rings. The maximum absolute atomic E-state index is 12.8. The molecule has 1 saturated heterocycles. The van der Waals surface area contributed by atoms with E-state index >= 15 is 0 Å². The summed E-state index contributed by atoms with van der Waals surface area (Å²) < 4.78 is 0. The molecular weight excluding hydrogens is 306 g/mol. The Hall–Kier alpha value is -2.43. The van der Waals surface area contributed by atoms with Crippen LogP contribution in [0, 0.1) is 17.8 Å². The first-order chi connectivity index (χ1) is 11.4. The third-order valence-corrected chi connectivity index (χ3v) is 5.04. The lowest BCUT2D eigenvalue weighted by Gasteiger charge is -2.25. The summed E-state index contributed by atoms with van der Waals surface area (Å²) in [4.78, 5) is 38.4. The molecule has 1 aromatic carbocycles. The minimum absolute atomic E-state index is 0.0450. The highest BCUT2D eigenvalue weighted by Crippen LogP contribution is 2.41. The lowest BCUT2D eigenvalue weighted by molar-refractivity contribution is -0.155. The lowest BCUT2D eigenvalue weighted by Crippen LogP contribution is -2.47. The molecule has 5 heteroatoms. The largest absolute Gasteiger partial charge is 0.480 e. The lowest BCUT2D eigenvalue weighted by atomic mass is 9.76. The number of allylic oxidation sites excluding steroid dienone is 2. The number of carboxylic acid groups (broad SMARTS) is 1. The Morgan fingerprint density at radius 3 is 2.54 bits per heavy atom. The van der Waals surface area contributed by atoms with Gasteiger partial charge >= 0.3 is 5.97 Å². The predicted molar refractivity (Wildman–Crippen MR) is 87.9 cm³/mol. The summed E-state index contributed by atoms with van der Waals surface area (Å²) in [5, 5.41) is 9.62. The molecule has 1 aromatic rings. The Bertz CT molecular complexity index is 709. The molecule has 1 aliphatic heterocycles. The van der Waals surface area contributed by atoms with Crippen LogP contribution in [0.1, 0.15) is 25.8 Å². The van der Waals surface area contributed by atoms with Crippen molar-refractivity contribution in [2.75, 3.05) is 0 Å². The van der Waals surface area contributed by atoms with Crippen LogP contribution < -0.4 is 0 Å². The van der Waals surface area contributed by atoms with Crippen molar-refractivity contribution in [3.8, 4) is 0 Å². The number of fused-ring (bicyclic) bond motifs is 1. The molecule has 24 heavy (non-hydrogen) atoms. The quantitative estimate of drug-likeness (QED) is 0.680. The average Bonchev–Trinajstić information content (AvgIpc) is 2.77. The third kappa shape index (κ3) is 2.75. The molecule has 1 heterocycles. The van der Waals surface area contributed by atoms with Crippen molar-refractivity contribution >= 4 is 17.8 Å². The smallest absolute Gasteiger partial charge is 0.327 e. The van der Waals surface area contributed by atoms with Crippen molar-refractivity contribution < 1.29 is 19.5 Å². The molecule has 2 aliphatic rings. The van der Waals surface area contributed by atoms with Crippen molar-refractivity contribution in [2.24, 2.45) is 17.8 Å². The Balaban J connectivity index is 1.91. The summed E-state index contributed by atoms with van der Waals surface area (Å²) in [6.45, 7) is 3.87. The number of nitrogens with zero attached hydrogens (tertiary/aromatic N) is 1. The number of carbonyl (C=O) groups excluding carboxylic acids is 2. The summed E-state index contributed by atoms with van der Waals surface area (Å²) >= 11 is 0. The van der Waals surface area contributed by atoms with Gasteiger partial charge in [-0.15, -0.1) is 0 Å². The summed E-state index contributed by atoms with van der Waals surface area (Å²) in [6.07, 6.45) is 2.68. The number of rotatable bonds is 4. The van der Waals surface area contributed by atoms with Gasteiger partial charge in [0.1, 0.15) is 6.04 Å². The van der Waals surface area contributed by atoms with Crippen LogP contribution in [0.25, 0.3) is 0 Å². The standard InChI is InChI=1S/C19H21NO4/c1-11-8-12(2)16-14(9-11)17(21)20(18(16)22)15(19(23)24)10-13-6-4-3-5-7-13/h3-8,12,14-16H,9-10H2,1-2H3,(H,23,24). The van der Waals surface area contributed by atoms with Crippen LogP contribution in [0.4, 0.5) is 0 Å². The maximum atomic E-state index is 12.8. The van der Waals surface area contributed by atoms with E-state index in [1.165, 1.54) is 0 Å². The zero-order valence-electron chi connectivity index (χ0n) is 13.8. The number of carboxylic acids is 1. The topological polar surface area (TPSA) is 74.7 Å². The second-order valence-electron chi connectivity index (χ2n) is 6.80. The van der Waals surface area contributed by atoms with E-state index in [2.05, 4.69) is 0 Å². The number of benzene rings is 1. The van der Waals surface area contributed by atoms with E-state index < -0.39 is 23.8 Å². The molecule has 0 spiro atoms. The zero-order chi connectivity index (χ0) is 17.4. The van der Waals surface area contributed by atoms with Gasteiger partial charge in [-0.25, -0.2) is 4.79 Å². The van der Waals surface area contributed by atoms with E-state index in [1.807, 2.05) is 50.3 Å². The predicted octanol–water partition coefficient (Wildman–Crippen LogP) is 2.27. The number of hydrogen-bond donors (Lipinski definition) is 1.